The summed E-state index contributed by atoms with van der Waals surface area (Å²) < 4.78 is 117. The standard InChI is InChI=1S/C8H7O.3BF4.K/c9-7-6-8-4-2-1-3-5-8;3*2-1(3,4)5;/h1-5H,6H2;;;;/q4*-1;+1. The molecule has 17 heteroatoms. The molecule has 1 aromatic carbocycles. The van der Waals surface area contributed by atoms with Crippen LogP contribution in [0.3, 0.4) is 0 Å². The molecule has 0 aliphatic carbocycles. The molecule has 1 rings (SSSR count). The minimum absolute atomic E-state index is 0. The molecule has 1 nitrogen and oxygen atoms in total. The number of rotatable bonds is 2. The first-order chi connectivity index (χ1) is 10.4. The van der Waals surface area contributed by atoms with Crippen LogP contribution in [0.1, 0.15) is 5.56 Å². The molecule has 0 radical (unpaired) electrons. The Bertz CT molecular complexity index is 375. The largest absolute Gasteiger partial charge is 1.00 e. The second kappa shape index (κ2) is 16.1. The average molecular weight is 419 g/mol. The van der Waals surface area contributed by atoms with E-state index in [0.29, 0.717) is 6.42 Å². The van der Waals surface area contributed by atoms with Crippen molar-refractivity contribution in [3.05, 3.63) is 35.9 Å². The molecule has 25 heavy (non-hydrogen) atoms. The topological polar surface area (TPSA) is 17.1 Å². The molecule has 0 saturated heterocycles. The maximum atomic E-state index is 9.85. The molecule has 0 aliphatic heterocycles. The van der Waals surface area contributed by atoms with Gasteiger partial charge in [-0.3, -0.25) is 6.29 Å². The molecule has 0 aliphatic rings. The Morgan fingerprint density at radius 3 is 1.08 bits per heavy atom. The zero-order valence-electron chi connectivity index (χ0n) is 12.3. The quantitative estimate of drug-likeness (QED) is 0.409. The fourth-order valence-electron chi connectivity index (χ4n) is 0.679. The molecule has 0 atom stereocenters. The summed E-state index contributed by atoms with van der Waals surface area (Å²) in [6.07, 6.45) is 2.24. The average Bonchev–Trinajstić information content (AvgIpc) is 2.23. The van der Waals surface area contributed by atoms with E-state index < -0.39 is 21.8 Å². The Labute approximate surface area is 177 Å². The van der Waals surface area contributed by atoms with E-state index in [1.54, 1.807) is 0 Å². The summed E-state index contributed by atoms with van der Waals surface area (Å²) in [7, 11) is -18.0. The van der Waals surface area contributed by atoms with Gasteiger partial charge in [-0.1, -0.05) is 35.9 Å². The SMILES string of the molecule is F[B-](F)(F)F.F[B-](F)(F)F.F[B-](F)(F)F.O=[C-]Cc1ccccc1.[K+]. The van der Waals surface area contributed by atoms with Gasteiger partial charge in [0.25, 0.3) is 0 Å². The van der Waals surface area contributed by atoms with E-state index in [1.807, 2.05) is 36.6 Å². The normalized spacial score (nSPS) is 10.4. The summed E-state index contributed by atoms with van der Waals surface area (Å²) >= 11 is 0. The molecule has 0 saturated carbocycles. The van der Waals surface area contributed by atoms with E-state index in [0.717, 1.165) is 5.56 Å². The Morgan fingerprint density at radius 1 is 0.640 bits per heavy atom. The van der Waals surface area contributed by atoms with Gasteiger partial charge in [-0.2, -0.15) is 0 Å². The minimum atomic E-state index is -6.00. The van der Waals surface area contributed by atoms with Crippen LogP contribution in [0.15, 0.2) is 30.3 Å². The monoisotopic (exact) mass is 419 g/mol. The van der Waals surface area contributed by atoms with E-state index in [2.05, 4.69) is 0 Å². The van der Waals surface area contributed by atoms with Gasteiger partial charge in [-0.05, 0) is 0 Å². The van der Waals surface area contributed by atoms with Crippen molar-refractivity contribution in [2.45, 2.75) is 6.42 Å². The summed E-state index contributed by atoms with van der Waals surface area (Å²) in [5, 5.41) is 0. The van der Waals surface area contributed by atoms with Gasteiger partial charge in [0.1, 0.15) is 0 Å². The molecule has 0 fully saturated rings. The Hall–Kier alpha value is -0.119. The molecule has 1 aromatic rings. The molecule has 142 valence electrons. The van der Waals surface area contributed by atoms with Crippen molar-refractivity contribution in [1.29, 1.82) is 0 Å². The maximum absolute atomic E-state index is 9.85. The van der Waals surface area contributed by atoms with Gasteiger partial charge in [0.15, 0.2) is 0 Å². The van der Waals surface area contributed by atoms with E-state index >= 15 is 0 Å². The number of carbonyl (C=O) groups excluding carboxylic acids is 1. The number of halogens is 12. The number of hydrogen-bond acceptors (Lipinski definition) is 1. The van der Waals surface area contributed by atoms with Crippen LogP contribution < -0.4 is 51.4 Å². The first kappa shape index (κ1) is 32.5. The Balaban J connectivity index is -0.000000122. The van der Waals surface area contributed by atoms with Crippen LogP contribution in [0.2, 0.25) is 0 Å². The van der Waals surface area contributed by atoms with Crippen LogP contribution in [-0.2, 0) is 11.2 Å². The maximum Gasteiger partial charge on any atom is 1.00 e. The van der Waals surface area contributed by atoms with Gasteiger partial charge >= 0.3 is 73.1 Å². The van der Waals surface area contributed by atoms with Gasteiger partial charge in [-0.25, -0.2) is 0 Å². The summed E-state index contributed by atoms with van der Waals surface area (Å²) in [6.45, 7) is 0. The van der Waals surface area contributed by atoms with Crippen LogP contribution in [0.4, 0.5) is 51.8 Å². The molecule has 0 amide bonds. The van der Waals surface area contributed by atoms with Crippen LogP contribution in [0, 0.1) is 0 Å². The molecule has 0 N–H and O–H groups in total. The molecular weight excluding hydrogens is 412 g/mol. The first-order valence-electron chi connectivity index (χ1n) is 5.44. The van der Waals surface area contributed by atoms with Crippen LogP contribution >= 0.6 is 0 Å². The van der Waals surface area contributed by atoms with Gasteiger partial charge in [-0.15, -0.1) is 6.42 Å². The van der Waals surface area contributed by atoms with Crippen molar-refractivity contribution >= 4 is 28.0 Å². The second-order valence-electron chi connectivity index (χ2n) is 3.29. The zero-order valence-corrected chi connectivity index (χ0v) is 15.4. The van der Waals surface area contributed by atoms with E-state index in [-0.39, 0.29) is 51.4 Å². The van der Waals surface area contributed by atoms with E-state index in [9.17, 15) is 56.6 Å². The third-order valence-electron chi connectivity index (χ3n) is 1.12. The molecular formula is C8H7B3F12KO-3. The molecule has 0 unspecified atom stereocenters. The van der Waals surface area contributed by atoms with Gasteiger partial charge < -0.3 is 56.6 Å². The van der Waals surface area contributed by atoms with Crippen LogP contribution in [0.25, 0.3) is 0 Å². The van der Waals surface area contributed by atoms with Crippen molar-refractivity contribution in [3.8, 4) is 0 Å². The Morgan fingerprint density at radius 2 is 0.880 bits per heavy atom. The minimum Gasteiger partial charge on any atom is -0.541 e. The second-order valence-corrected chi connectivity index (χ2v) is 3.29. The summed E-state index contributed by atoms with van der Waals surface area (Å²) in [5.74, 6) is 0. The summed E-state index contributed by atoms with van der Waals surface area (Å²) in [6, 6.07) is 9.56. The van der Waals surface area contributed by atoms with E-state index in [1.165, 1.54) is 0 Å². The molecule has 0 heterocycles. The number of benzene rings is 1. The fourth-order valence-corrected chi connectivity index (χ4v) is 0.679. The third-order valence-corrected chi connectivity index (χ3v) is 1.12. The van der Waals surface area contributed by atoms with Gasteiger partial charge in [0.05, 0.1) is 0 Å². The molecule has 0 aromatic heterocycles. The molecule has 0 bridgehead atoms. The van der Waals surface area contributed by atoms with Crippen molar-refractivity contribution < 1.29 is 108 Å². The predicted molar refractivity (Wildman–Crippen MR) is 66.4 cm³/mol. The molecule has 0 spiro atoms. The third kappa shape index (κ3) is 96.6. The fraction of sp³-hybridized carbons (Fsp3) is 0.125. The van der Waals surface area contributed by atoms with Crippen LogP contribution in [0.5, 0.6) is 0 Å². The van der Waals surface area contributed by atoms with Crippen LogP contribution in [-0.4, -0.2) is 28.0 Å². The van der Waals surface area contributed by atoms with E-state index in [4.69, 9.17) is 0 Å². The zero-order chi connectivity index (χ0) is 20.0. The van der Waals surface area contributed by atoms with Crippen molar-refractivity contribution in [2.24, 2.45) is 0 Å². The van der Waals surface area contributed by atoms with Crippen molar-refractivity contribution in [2.75, 3.05) is 0 Å². The number of hydrogen-bond donors (Lipinski definition) is 0. The van der Waals surface area contributed by atoms with Crippen molar-refractivity contribution in [1.82, 2.24) is 0 Å². The van der Waals surface area contributed by atoms with Crippen molar-refractivity contribution in [3.63, 3.8) is 0 Å². The first-order valence-corrected chi connectivity index (χ1v) is 5.44. The smallest absolute Gasteiger partial charge is 0.541 e. The Kier molecular flexibility index (Phi) is 20.9. The summed E-state index contributed by atoms with van der Waals surface area (Å²) in [5.41, 5.74) is 1.02. The summed E-state index contributed by atoms with van der Waals surface area (Å²) in [4.78, 5) is 9.85. The van der Waals surface area contributed by atoms with Gasteiger partial charge in [0, 0.05) is 0 Å². The predicted octanol–water partition coefficient (Wildman–Crippen LogP) is 2.24. The van der Waals surface area contributed by atoms with Gasteiger partial charge in [0.2, 0.25) is 0 Å².